The van der Waals surface area contributed by atoms with Gasteiger partial charge in [0.1, 0.15) is 13.2 Å². The summed E-state index contributed by atoms with van der Waals surface area (Å²) in [5.74, 6) is 0.908. The summed E-state index contributed by atoms with van der Waals surface area (Å²) in [5, 5.41) is 3.00. The van der Waals surface area contributed by atoms with E-state index in [0.29, 0.717) is 44.1 Å². The maximum atomic E-state index is 12.7. The third-order valence-electron chi connectivity index (χ3n) is 4.97. The van der Waals surface area contributed by atoms with E-state index in [0.717, 1.165) is 5.56 Å². The number of nitrogens with one attached hydrogen (secondary N) is 1. The molecule has 0 aromatic heterocycles. The number of carbonyl (C=O) groups excluding carboxylic acids is 1. The predicted molar refractivity (Wildman–Crippen MR) is 101 cm³/mol. The van der Waals surface area contributed by atoms with Crippen molar-refractivity contribution >= 4 is 16.1 Å². The molecule has 3 rings (SSSR count). The molecule has 0 saturated carbocycles. The second kappa shape index (κ2) is 8.04. The van der Waals surface area contributed by atoms with Crippen LogP contribution in [0.1, 0.15) is 31.4 Å². The molecule has 0 bridgehead atoms. The third kappa shape index (κ3) is 4.36. The number of amides is 1. The molecule has 2 aliphatic rings. The highest BCUT2D eigenvalue weighted by Gasteiger charge is 2.33. The van der Waals surface area contributed by atoms with E-state index in [2.05, 4.69) is 5.32 Å². The van der Waals surface area contributed by atoms with Crippen LogP contribution in [-0.2, 0) is 15.0 Å². The van der Waals surface area contributed by atoms with Crippen LogP contribution >= 0.6 is 0 Å². The molecule has 0 radical (unpaired) electrons. The van der Waals surface area contributed by atoms with Crippen molar-refractivity contribution in [3.63, 3.8) is 0 Å². The first-order chi connectivity index (χ1) is 12.8. The highest BCUT2D eigenvalue weighted by atomic mass is 32.2. The number of rotatable bonds is 5. The molecule has 1 aromatic rings. The summed E-state index contributed by atoms with van der Waals surface area (Å²) in [6.45, 7) is 3.60. The number of ether oxygens (including phenoxy) is 2. The minimum Gasteiger partial charge on any atom is -0.486 e. The number of carbonyl (C=O) groups is 1. The minimum atomic E-state index is -3.50. The molecule has 0 aliphatic carbocycles. The molecule has 150 valence electrons. The van der Waals surface area contributed by atoms with Gasteiger partial charge >= 0.3 is 0 Å². The summed E-state index contributed by atoms with van der Waals surface area (Å²) < 4.78 is 38.3. The first-order valence-corrected chi connectivity index (χ1v) is 10.6. The van der Waals surface area contributed by atoms with Gasteiger partial charge in [0.25, 0.3) is 10.2 Å². The van der Waals surface area contributed by atoms with Crippen LogP contribution in [0.4, 0.5) is 0 Å². The van der Waals surface area contributed by atoms with Crippen molar-refractivity contribution in [3.8, 4) is 11.5 Å². The Morgan fingerprint density at radius 2 is 1.96 bits per heavy atom. The first-order valence-electron chi connectivity index (χ1n) is 9.16. The molecular weight excluding hydrogens is 370 g/mol. The Morgan fingerprint density at radius 3 is 2.67 bits per heavy atom. The van der Waals surface area contributed by atoms with Crippen LogP contribution in [0, 0.1) is 5.92 Å². The molecule has 1 N–H and O–H groups in total. The molecule has 9 heteroatoms. The van der Waals surface area contributed by atoms with Crippen LogP contribution < -0.4 is 14.8 Å². The Labute approximate surface area is 160 Å². The lowest BCUT2D eigenvalue weighted by atomic mass is 9.97. The summed E-state index contributed by atoms with van der Waals surface area (Å²) in [4.78, 5) is 12.7. The van der Waals surface area contributed by atoms with Crippen LogP contribution in [0.25, 0.3) is 0 Å². The Bertz CT molecular complexity index is 796. The largest absolute Gasteiger partial charge is 0.486 e. The molecule has 8 nitrogen and oxygen atoms in total. The molecule has 1 amide bonds. The summed E-state index contributed by atoms with van der Waals surface area (Å²) in [6.07, 6.45) is 1.35. The Hall–Kier alpha value is -1.84. The third-order valence-corrected chi connectivity index (χ3v) is 6.87. The first kappa shape index (κ1) is 19.9. The minimum absolute atomic E-state index is 0.129. The SMILES string of the molecule is C[C@H](NC(=O)[C@H]1CCCN(S(=O)(=O)N(C)C)C1)c1ccc2c(c1)OCCO2. The van der Waals surface area contributed by atoms with Gasteiger partial charge in [-0.2, -0.15) is 17.0 Å². The standard InChI is InChI=1S/C18H27N3O5S/c1-13(14-6-7-16-17(11-14)26-10-9-25-16)19-18(22)15-5-4-8-21(12-15)27(23,24)20(2)3/h6-7,11,13,15H,4-5,8-10,12H2,1-3H3,(H,19,22)/t13-,15-/m0/s1. The van der Waals surface area contributed by atoms with E-state index < -0.39 is 10.2 Å². The van der Waals surface area contributed by atoms with Gasteiger partial charge in [-0.05, 0) is 37.5 Å². The van der Waals surface area contributed by atoms with Gasteiger partial charge in [-0.1, -0.05) is 6.07 Å². The second-order valence-corrected chi connectivity index (χ2v) is 9.26. The molecule has 2 atom stereocenters. The fourth-order valence-electron chi connectivity index (χ4n) is 3.34. The number of benzene rings is 1. The zero-order chi connectivity index (χ0) is 19.6. The van der Waals surface area contributed by atoms with Gasteiger partial charge in [-0.15, -0.1) is 0 Å². The molecule has 27 heavy (non-hydrogen) atoms. The zero-order valence-corrected chi connectivity index (χ0v) is 16.8. The molecule has 1 saturated heterocycles. The Balaban J connectivity index is 1.64. The average Bonchev–Trinajstić information content (AvgIpc) is 2.67. The molecule has 0 spiro atoms. The predicted octanol–water partition coefficient (Wildman–Crippen LogP) is 1.15. The smallest absolute Gasteiger partial charge is 0.281 e. The van der Waals surface area contributed by atoms with E-state index in [9.17, 15) is 13.2 Å². The van der Waals surface area contributed by atoms with E-state index in [1.165, 1.54) is 22.7 Å². The van der Waals surface area contributed by atoms with Gasteiger partial charge in [0.2, 0.25) is 5.91 Å². The quantitative estimate of drug-likeness (QED) is 0.805. The Morgan fingerprint density at radius 1 is 1.26 bits per heavy atom. The Kier molecular flexibility index (Phi) is 5.92. The van der Waals surface area contributed by atoms with Gasteiger partial charge < -0.3 is 14.8 Å². The van der Waals surface area contributed by atoms with Gasteiger partial charge in [0, 0.05) is 27.2 Å². The molecule has 2 aliphatic heterocycles. The number of hydrogen-bond donors (Lipinski definition) is 1. The molecule has 1 aromatic carbocycles. The number of hydrogen-bond acceptors (Lipinski definition) is 5. The van der Waals surface area contributed by atoms with E-state index in [4.69, 9.17) is 9.47 Å². The van der Waals surface area contributed by atoms with E-state index >= 15 is 0 Å². The van der Waals surface area contributed by atoms with Crippen molar-refractivity contribution in [3.05, 3.63) is 23.8 Å². The number of fused-ring (bicyclic) bond motifs is 1. The van der Waals surface area contributed by atoms with Crippen molar-refractivity contribution in [1.82, 2.24) is 13.9 Å². The van der Waals surface area contributed by atoms with Gasteiger partial charge in [0.05, 0.1) is 12.0 Å². The molecule has 0 unspecified atom stereocenters. The topological polar surface area (TPSA) is 88.2 Å². The van der Waals surface area contributed by atoms with Crippen LogP contribution in [-0.4, -0.2) is 63.3 Å². The lowest BCUT2D eigenvalue weighted by molar-refractivity contribution is -0.126. The van der Waals surface area contributed by atoms with Gasteiger partial charge in [-0.3, -0.25) is 4.79 Å². The normalized spacial score (nSPS) is 21.7. The van der Waals surface area contributed by atoms with Crippen molar-refractivity contribution in [2.45, 2.75) is 25.8 Å². The van der Waals surface area contributed by atoms with E-state index in [1.54, 1.807) is 0 Å². The van der Waals surface area contributed by atoms with Crippen LogP contribution in [0.2, 0.25) is 0 Å². The second-order valence-electron chi connectivity index (χ2n) is 7.12. The summed E-state index contributed by atoms with van der Waals surface area (Å²) in [6, 6.07) is 5.41. The van der Waals surface area contributed by atoms with Crippen LogP contribution in [0.5, 0.6) is 11.5 Å². The fraction of sp³-hybridized carbons (Fsp3) is 0.611. The van der Waals surface area contributed by atoms with Gasteiger partial charge in [-0.25, -0.2) is 0 Å². The lowest BCUT2D eigenvalue weighted by Crippen LogP contribution is -2.49. The van der Waals surface area contributed by atoms with Crippen LogP contribution in [0.3, 0.4) is 0 Å². The van der Waals surface area contributed by atoms with Crippen molar-refractivity contribution in [2.75, 3.05) is 40.4 Å². The maximum Gasteiger partial charge on any atom is 0.281 e. The van der Waals surface area contributed by atoms with Crippen molar-refractivity contribution in [2.24, 2.45) is 5.92 Å². The zero-order valence-electron chi connectivity index (χ0n) is 16.0. The maximum absolute atomic E-state index is 12.7. The number of nitrogens with zero attached hydrogens (tertiary/aromatic N) is 2. The monoisotopic (exact) mass is 397 g/mol. The molecule has 1 fully saturated rings. The average molecular weight is 397 g/mol. The summed E-state index contributed by atoms with van der Waals surface area (Å²) in [5.41, 5.74) is 0.918. The molecular formula is C18H27N3O5S. The highest BCUT2D eigenvalue weighted by Crippen LogP contribution is 2.32. The highest BCUT2D eigenvalue weighted by molar-refractivity contribution is 7.86. The van der Waals surface area contributed by atoms with Crippen molar-refractivity contribution < 1.29 is 22.7 Å². The van der Waals surface area contributed by atoms with E-state index in [-0.39, 0.29) is 24.4 Å². The van der Waals surface area contributed by atoms with Crippen molar-refractivity contribution in [1.29, 1.82) is 0 Å². The lowest BCUT2D eigenvalue weighted by Gasteiger charge is -2.33. The number of piperidine rings is 1. The van der Waals surface area contributed by atoms with Crippen LogP contribution in [0.15, 0.2) is 18.2 Å². The molecule has 2 heterocycles. The summed E-state index contributed by atoms with van der Waals surface area (Å²) >= 11 is 0. The van der Waals surface area contributed by atoms with E-state index in [1.807, 2.05) is 25.1 Å². The fourth-order valence-corrected chi connectivity index (χ4v) is 4.53. The van der Waals surface area contributed by atoms with Gasteiger partial charge in [0.15, 0.2) is 11.5 Å². The summed E-state index contributed by atoms with van der Waals surface area (Å²) in [7, 11) is -0.495.